The highest BCUT2D eigenvalue weighted by atomic mass is 31.1. The van der Waals surface area contributed by atoms with Gasteiger partial charge in [-0.15, -0.1) is 0 Å². The van der Waals surface area contributed by atoms with E-state index < -0.39 is 19.1 Å². The van der Waals surface area contributed by atoms with Crippen LogP contribution in [-0.2, 0) is 27.9 Å². The van der Waals surface area contributed by atoms with Crippen molar-refractivity contribution in [3.8, 4) is 0 Å². The molecule has 174 valence electrons. The van der Waals surface area contributed by atoms with Crippen LogP contribution in [0.2, 0.25) is 0 Å². The number of carbonyl (C=O) groups excluding carboxylic acids is 1. The Morgan fingerprint density at radius 3 is 2.38 bits per heavy atom. The van der Waals surface area contributed by atoms with Gasteiger partial charge in [-0.2, -0.15) is 0 Å². The Balaban J connectivity index is 1.60. The molecule has 3 N–H and O–H groups in total. The second-order valence-electron chi connectivity index (χ2n) is 8.79. The van der Waals surface area contributed by atoms with Crippen LogP contribution >= 0.6 is 8.03 Å². The summed E-state index contributed by atoms with van der Waals surface area (Å²) >= 11 is 0. The topological polar surface area (TPSA) is 78.4 Å². The largest absolute Gasteiger partial charge is 0.341 e. The number of carbonyl (C=O) groups is 1. The molecule has 6 heteroatoms. The lowest BCUT2D eigenvalue weighted by atomic mass is 9.85. The number of rotatable bonds is 13. The smallest absolute Gasteiger partial charge is 0.255 e. The maximum absolute atomic E-state index is 12.9. The predicted molar refractivity (Wildman–Crippen MR) is 131 cm³/mol. The van der Waals surface area contributed by atoms with E-state index in [0.717, 1.165) is 17.5 Å². The molecule has 1 saturated heterocycles. The van der Waals surface area contributed by atoms with Crippen LogP contribution in [0.4, 0.5) is 0 Å². The number of nitrogens with one attached hydrogen (secondary N) is 2. The fraction of sp³-hybridized carbons (Fsp3) is 0.500. The molecule has 0 bridgehead atoms. The lowest BCUT2D eigenvalue weighted by Crippen LogP contribution is -2.55. The van der Waals surface area contributed by atoms with Gasteiger partial charge in [-0.1, -0.05) is 93.6 Å². The molecular weight excluding hydrogens is 419 g/mol. The summed E-state index contributed by atoms with van der Waals surface area (Å²) in [5.74, 6) is 0. The van der Waals surface area contributed by atoms with Crippen molar-refractivity contribution in [2.45, 2.75) is 76.4 Å². The molecule has 3 unspecified atom stereocenters. The number of aryl methyl sites for hydroxylation is 1. The van der Waals surface area contributed by atoms with Gasteiger partial charge in [0.25, 0.3) is 8.03 Å². The number of benzene rings is 2. The average molecular weight is 457 g/mol. The van der Waals surface area contributed by atoms with Crippen LogP contribution in [0.5, 0.6) is 0 Å². The molecular formula is C26H37N2O3P. The molecule has 3 rings (SSSR count). The van der Waals surface area contributed by atoms with E-state index in [1.54, 1.807) is 0 Å². The zero-order chi connectivity index (χ0) is 22.8. The minimum atomic E-state index is -3.33. The molecule has 0 saturated carbocycles. The molecule has 2 aromatic carbocycles. The molecule has 5 nitrogen and oxygen atoms in total. The van der Waals surface area contributed by atoms with E-state index in [1.807, 2.05) is 30.3 Å². The van der Waals surface area contributed by atoms with Gasteiger partial charge in [0.1, 0.15) is 5.54 Å². The van der Waals surface area contributed by atoms with Crippen molar-refractivity contribution in [1.82, 2.24) is 10.6 Å². The summed E-state index contributed by atoms with van der Waals surface area (Å²) in [5, 5.41) is 6.76. The van der Waals surface area contributed by atoms with Crippen LogP contribution in [-0.4, -0.2) is 23.0 Å². The van der Waals surface area contributed by atoms with Crippen molar-refractivity contribution >= 4 is 13.6 Å². The van der Waals surface area contributed by atoms with Gasteiger partial charge in [-0.05, 0) is 42.5 Å². The van der Waals surface area contributed by atoms with Gasteiger partial charge in [-0.3, -0.25) is 14.7 Å². The standard InChI is InChI=1S/C26H37N2O3P/c1-2-3-4-5-6-8-11-21-14-16-22(17-15-21)20-27-24-18-19-28-26(24,25(29)32(30)31)23-12-9-7-10-13-23/h7,9-10,12-17,24,27-28,32H,2-6,8,11,18-20H2,1H3,(H,30,31). The van der Waals surface area contributed by atoms with Crippen LogP contribution in [0.1, 0.15) is 68.6 Å². The summed E-state index contributed by atoms with van der Waals surface area (Å²) in [5.41, 5.74) is 1.46. The third-order valence-corrected chi connectivity index (χ3v) is 7.32. The Kier molecular flexibility index (Phi) is 9.68. The van der Waals surface area contributed by atoms with Gasteiger partial charge in [-0.25, -0.2) is 0 Å². The zero-order valence-corrected chi connectivity index (χ0v) is 20.1. The van der Waals surface area contributed by atoms with Crippen LogP contribution in [0, 0.1) is 0 Å². The predicted octanol–water partition coefficient (Wildman–Crippen LogP) is 4.93. The van der Waals surface area contributed by atoms with E-state index in [9.17, 15) is 14.3 Å². The highest BCUT2D eigenvalue weighted by molar-refractivity contribution is 7.58. The third-order valence-electron chi connectivity index (χ3n) is 6.54. The number of hydrogen-bond acceptors (Lipinski definition) is 4. The van der Waals surface area contributed by atoms with Gasteiger partial charge in [0, 0.05) is 12.6 Å². The van der Waals surface area contributed by atoms with Crippen molar-refractivity contribution in [2.75, 3.05) is 6.54 Å². The van der Waals surface area contributed by atoms with E-state index in [1.165, 1.54) is 44.1 Å². The van der Waals surface area contributed by atoms with E-state index >= 15 is 0 Å². The Labute approximate surface area is 192 Å². The molecule has 1 fully saturated rings. The Morgan fingerprint density at radius 2 is 1.69 bits per heavy atom. The van der Waals surface area contributed by atoms with Gasteiger partial charge in [0.15, 0.2) is 0 Å². The van der Waals surface area contributed by atoms with Crippen molar-refractivity contribution in [2.24, 2.45) is 0 Å². The number of hydrogen-bond donors (Lipinski definition) is 3. The van der Waals surface area contributed by atoms with Crippen molar-refractivity contribution in [3.63, 3.8) is 0 Å². The molecule has 1 aliphatic rings. The second-order valence-corrected chi connectivity index (χ2v) is 9.86. The lowest BCUT2D eigenvalue weighted by molar-refractivity contribution is -0.118. The fourth-order valence-electron chi connectivity index (χ4n) is 4.73. The van der Waals surface area contributed by atoms with Crippen molar-refractivity contribution < 1.29 is 14.3 Å². The summed E-state index contributed by atoms with van der Waals surface area (Å²) in [6.45, 7) is 3.47. The summed E-state index contributed by atoms with van der Waals surface area (Å²) < 4.78 is 11.8. The second kappa shape index (κ2) is 12.5. The molecule has 2 aromatic rings. The average Bonchev–Trinajstić information content (AvgIpc) is 3.25. The highest BCUT2D eigenvalue weighted by Crippen LogP contribution is 2.39. The summed E-state index contributed by atoms with van der Waals surface area (Å²) in [6.07, 6.45) is 9.65. The molecule has 1 aliphatic heterocycles. The maximum atomic E-state index is 12.9. The molecule has 3 atom stereocenters. The molecule has 1 heterocycles. The monoisotopic (exact) mass is 456 g/mol. The van der Waals surface area contributed by atoms with Crippen LogP contribution in [0.3, 0.4) is 0 Å². The van der Waals surface area contributed by atoms with E-state index in [-0.39, 0.29) is 6.04 Å². The maximum Gasteiger partial charge on any atom is 0.255 e. The minimum Gasteiger partial charge on any atom is -0.341 e. The first-order valence-electron chi connectivity index (χ1n) is 12.0. The quantitative estimate of drug-likeness (QED) is 0.294. The Bertz CT molecular complexity index is 872. The fourth-order valence-corrected chi connectivity index (χ4v) is 5.47. The van der Waals surface area contributed by atoms with E-state index in [0.29, 0.717) is 19.5 Å². The van der Waals surface area contributed by atoms with Crippen molar-refractivity contribution in [3.05, 3.63) is 71.3 Å². The Hall–Kier alpha value is -1.78. The SMILES string of the molecule is CCCCCCCCc1ccc(CNC2CCNC2(C(=O)[PH](=O)O)c2ccccc2)cc1. The van der Waals surface area contributed by atoms with Gasteiger partial charge < -0.3 is 10.2 Å². The lowest BCUT2D eigenvalue weighted by Gasteiger charge is -2.34. The first-order chi connectivity index (χ1) is 15.6. The van der Waals surface area contributed by atoms with E-state index in [2.05, 4.69) is 41.8 Å². The summed E-state index contributed by atoms with van der Waals surface area (Å²) in [4.78, 5) is 22.6. The minimum absolute atomic E-state index is 0.249. The Morgan fingerprint density at radius 1 is 1.03 bits per heavy atom. The summed E-state index contributed by atoms with van der Waals surface area (Å²) in [6, 6.07) is 17.7. The first-order valence-corrected chi connectivity index (χ1v) is 13.3. The zero-order valence-electron chi connectivity index (χ0n) is 19.1. The van der Waals surface area contributed by atoms with Crippen LogP contribution in [0.25, 0.3) is 0 Å². The third kappa shape index (κ3) is 6.17. The van der Waals surface area contributed by atoms with Gasteiger partial charge in [0.2, 0.25) is 5.52 Å². The molecule has 0 aliphatic carbocycles. The van der Waals surface area contributed by atoms with Gasteiger partial charge >= 0.3 is 0 Å². The molecule has 32 heavy (non-hydrogen) atoms. The highest BCUT2D eigenvalue weighted by Gasteiger charge is 2.51. The molecule has 0 spiro atoms. The van der Waals surface area contributed by atoms with Crippen LogP contribution < -0.4 is 10.6 Å². The number of unbranched alkanes of at least 4 members (excludes halogenated alkanes) is 5. The normalized spacial score (nSPS) is 21.5. The molecule has 0 radical (unpaired) electrons. The van der Waals surface area contributed by atoms with Crippen molar-refractivity contribution in [1.29, 1.82) is 0 Å². The molecule has 0 amide bonds. The van der Waals surface area contributed by atoms with Gasteiger partial charge in [0.05, 0.1) is 0 Å². The molecule has 0 aromatic heterocycles. The first kappa shape index (κ1) is 24.9. The van der Waals surface area contributed by atoms with Crippen LogP contribution in [0.15, 0.2) is 54.6 Å². The van der Waals surface area contributed by atoms with E-state index in [4.69, 9.17) is 0 Å². The summed E-state index contributed by atoms with van der Waals surface area (Å²) in [7, 11) is -3.33.